The minimum absolute atomic E-state index is 0.206. The molecule has 0 saturated heterocycles. The number of nitrogens with one attached hydrogen (secondary N) is 1. The molecule has 0 fully saturated rings. The highest BCUT2D eigenvalue weighted by atomic mass is 16.5. The molecule has 0 aliphatic carbocycles. The van der Waals surface area contributed by atoms with Crippen LogP contribution in [0.4, 0.5) is 5.69 Å². The monoisotopic (exact) mass is 341 g/mol. The summed E-state index contributed by atoms with van der Waals surface area (Å²) in [5.74, 6) is 1.39. The van der Waals surface area contributed by atoms with Crippen molar-refractivity contribution in [1.82, 2.24) is 0 Å². The Morgan fingerprint density at radius 1 is 0.960 bits per heavy atom. The fourth-order valence-electron chi connectivity index (χ4n) is 2.41. The molecular weight excluding hydrogens is 318 g/mol. The Morgan fingerprint density at radius 3 is 2.16 bits per heavy atom. The molecule has 0 heterocycles. The summed E-state index contributed by atoms with van der Waals surface area (Å²) in [5.41, 5.74) is 3.68. The number of amides is 1. The Bertz CT molecular complexity index is 771. The van der Waals surface area contributed by atoms with E-state index in [1.807, 2.05) is 32.0 Å². The molecule has 132 valence electrons. The van der Waals surface area contributed by atoms with E-state index in [4.69, 9.17) is 14.2 Å². The average molecular weight is 341 g/mol. The van der Waals surface area contributed by atoms with E-state index in [1.165, 1.54) is 6.08 Å². The van der Waals surface area contributed by atoms with Crippen molar-refractivity contribution in [1.29, 1.82) is 0 Å². The Morgan fingerprint density at radius 2 is 1.60 bits per heavy atom. The maximum absolute atomic E-state index is 12.2. The highest BCUT2D eigenvalue weighted by Crippen LogP contribution is 2.38. The Hall–Kier alpha value is -2.95. The first-order chi connectivity index (χ1) is 12.0. The third-order valence-electron chi connectivity index (χ3n) is 3.77. The minimum Gasteiger partial charge on any atom is -0.493 e. The van der Waals surface area contributed by atoms with Gasteiger partial charge in [0.15, 0.2) is 11.5 Å². The molecule has 0 unspecified atom stereocenters. The molecule has 5 heteroatoms. The van der Waals surface area contributed by atoms with Crippen LogP contribution in [0.25, 0.3) is 6.08 Å². The number of methoxy groups -OCH3 is 3. The van der Waals surface area contributed by atoms with Gasteiger partial charge in [-0.15, -0.1) is 0 Å². The van der Waals surface area contributed by atoms with E-state index in [0.29, 0.717) is 17.2 Å². The fourth-order valence-corrected chi connectivity index (χ4v) is 2.41. The van der Waals surface area contributed by atoms with Gasteiger partial charge in [0.2, 0.25) is 11.7 Å². The number of carbonyl (C=O) groups excluding carboxylic acids is 1. The second-order valence-electron chi connectivity index (χ2n) is 5.60. The van der Waals surface area contributed by atoms with E-state index in [0.717, 1.165) is 22.4 Å². The minimum atomic E-state index is -0.206. The zero-order valence-electron chi connectivity index (χ0n) is 15.2. The number of rotatable bonds is 6. The first-order valence-electron chi connectivity index (χ1n) is 7.84. The lowest BCUT2D eigenvalue weighted by Gasteiger charge is -2.12. The van der Waals surface area contributed by atoms with Crippen molar-refractivity contribution in [3.63, 3.8) is 0 Å². The quantitative estimate of drug-likeness (QED) is 0.808. The summed E-state index contributed by atoms with van der Waals surface area (Å²) >= 11 is 0. The van der Waals surface area contributed by atoms with Crippen molar-refractivity contribution in [2.75, 3.05) is 26.6 Å². The molecule has 1 amide bonds. The number of hydrogen-bond acceptors (Lipinski definition) is 4. The zero-order valence-corrected chi connectivity index (χ0v) is 15.2. The second-order valence-corrected chi connectivity index (χ2v) is 5.60. The molecule has 2 aromatic carbocycles. The van der Waals surface area contributed by atoms with Gasteiger partial charge in [0.05, 0.1) is 21.3 Å². The van der Waals surface area contributed by atoms with Gasteiger partial charge in [-0.2, -0.15) is 0 Å². The van der Waals surface area contributed by atoms with E-state index < -0.39 is 0 Å². The number of aryl methyl sites for hydroxylation is 2. The maximum Gasteiger partial charge on any atom is 0.248 e. The molecule has 1 N–H and O–H groups in total. The number of hydrogen-bond donors (Lipinski definition) is 1. The Balaban J connectivity index is 2.20. The molecule has 0 bridgehead atoms. The lowest BCUT2D eigenvalue weighted by atomic mass is 10.1. The second kappa shape index (κ2) is 8.24. The van der Waals surface area contributed by atoms with E-state index in [-0.39, 0.29) is 5.91 Å². The third kappa shape index (κ3) is 4.53. The molecule has 5 nitrogen and oxygen atoms in total. The molecule has 0 aliphatic rings. The van der Waals surface area contributed by atoms with Gasteiger partial charge in [0.25, 0.3) is 0 Å². The standard InChI is InChI=1S/C20H23NO4/c1-13-6-7-14(2)16(10-13)21-19(22)9-8-15-11-17(23-3)20(25-5)18(12-15)24-4/h6-12H,1-5H3,(H,21,22)/b9-8+. The van der Waals surface area contributed by atoms with Crippen LogP contribution in [0.3, 0.4) is 0 Å². The molecular formula is C20H23NO4. The van der Waals surface area contributed by atoms with Crippen LogP contribution in [0, 0.1) is 13.8 Å². The summed E-state index contributed by atoms with van der Waals surface area (Å²) in [7, 11) is 4.66. The van der Waals surface area contributed by atoms with Gasteiger partial charge in [-0.1, -0.05) is 12.1 Å². The summed E-state index contributed by atoms with van der Waals surface area (Å²) in [6.07, 6.45) is 3.17. The van der Waals surface area contributed by atoms with Gasteiger partial charge in [0.1, 0.15) is 0 Å². The van der Waals surface area contributed by atoms with E-state index >= 15 is 0 Å². The van der Waals surface area contributed by atoms with Gasteiger partial charge in [0, 0.05) is 11.8 Å². The van der Waals surface area contributed by atoms with Crippen LogP contribution in [0.2, 0.25) is 0 Å². The van der Waals surface area contributed by atoms with Crippen molar-refractivity contribution in [3.8, 4) is 17.2 Å². The summed E-state index contributed by atoms with van der Waals surface area (Å²) in [5, 5.41) is 2.89. The normalized spacial score (nSPS) is 10.6. The predicted molar refractivity (Wildman–Crippen MR) is 99.7 cm³/mol. The summed E-state index contributed by atoms with van der Waals surface area (Å²) in [6, 6.07) is 9.50. The Labute approximate surface area is 148 Å². The van der Waals surface area contributed by atoms with Crippen LogP contribution >= 0.6 is 0 Å². The van der Waals surface area contributed by atoms with Gasteiger partial charge >= 0.3 is 0 Å². The van der Waals surface area contributed by atoms with Crippen LogP contribution in [0.5, 0.6) is 17.2 Å². The maximum atomic E-state index is 12.2. The average Bonchev–Trinajstić information content (AvgIpc) is 2.61. The summed E-state index contributed by atoms with van der Waals surface area (Å²) in [4.78, 5) is 12.2. The molecule has 0 saturated carbocycles. The van der Waals surface area contributed by atoms with Crippen molar-refractivity contribution < 1.29 is 19.0 Å². The van der Waals surface area contributed by atoms with Crippen LogP contribution in [-0.4, -0.2) is 27.2 Å². The van der Waals surface area contributed by atoms with Gasteiger partial charge in [-0.3, -0.25) is 4.79 Å². The van der Waals surface area contributed by atoms with E-state index in [2.05, 4.69) is 5.32 Å². The predicted octanol–water partition coefficient (Wildman–Crippen LogP) is 3.98. The number of benzene rings is 2. The van der Waals surface area contributed by atoms with Crippen LogP contribution in [-0.2, 0) is 4.79 Å². The number of ether oxygens (including phenoxy) is 3. The highest BCUT2D eigenvalue weighted by molar-refractivity contribution is 6.02. The summed E-state index contributed by atoms with van der Waals surface area (Å²) < 4.78 is 15.9. The SMILES string of the molecule is COc1cc(/C=C/C(=O)Nc2cc(C)ccc2C)cc(OC)c1OC. The van der Waals surface area contributed by atoms with E-state index in [1.54, 1.807) is 39.5 Å². The largest absolute Gasteiger partial charge is 0.493 e. The van der Waals surface area contributed by atoms with Crippen molar-refractivity contribution >= 4 is 17.7 Å². The smallest absolute Gasteiger partial charge is 0.248 e. The first-order valence-corrected chi connectivity index (χ1v) is 7.84. The number of carbonyl (C=O) groups is 1. The van der Waals surface area contributed by atoms with Crippen molar-refractivity contribution in [3.05, 3.63) is 53.1 Å². The fraction of sp³-hybridized carbons (Fsp3) is 0.250. The molecule has 0 radical (unpaired) electrons. The molecule has 2 aromatic rings. The topological polar surface area (TPSA) is 56.8 Å². The summed E-state index contributed by atoms with van der Waals surface area (Å²) in [6.45, 7) is 3.94. The molecule has 0 spiro atoms. The van der Waals surface area contributed by atoms with Crippen LogP contribution < -0.4 is 19.5 Å². The molecule has 0 aliphatic heterocycles. The first kappa shape index (κ1) is 18.4. The number of anilines is 1. The highest BCUT2D eigenvalue weighted by Gasteiger charge is 2.12. The Kier molecular flexibility index (Phi) is 6.06. The molecule has 2 rings (SSSR count). The molecule has 0 atom stereocenters. The van der Waals surface area contributed by atoms with Gasteiger partial charge < -0.3 is 19.5 Å². The molecule has 0 aromatic heterocycles. The third-order valence-corrected chi connectivity index (χ3v) is 3.77. The van der Waals surface area contributed by atoms with Crippen molar-refractivity contribution in [2.24, 2.45) is 0 Å². The molecule has 25 heavy (non-hydrogen) atoms. The van der Waals surface area contributed by atoms with E-state index in [9.17, 15) is 4.79 Å². The zero-order chi connectivity index (χ0) is 18.4. The van der Waals surface area contributed by atoms with Gasteiger partial charge in [-0.05, 0) is 54.8 Å². The van der Waals surface area contributed by atoms with Gasteiger partial charge in [-0.25, -0.2) is 0 Å². The van der Waals surface area contributed by atoms with Crippen molar-refractivity contribution in [2.45, 2.75) is 13.8 Å². The van der Waals surface area contributed by atoms with Crippen LogP contribution in [0.1, 0.15) is 16.7 Å². The van der Waals surface area contributed by atoms with Crippen LogP contribution in [0.15, 0.2) is 36.4 Å². The lowest BCUT2D eigenvalue weighted by molar-refractivity contribution is -0.111. The lowest BCUT2D eigenvalue weighted by Crippen LogP contribution is -2.09.